The molecular weight excluding hydrogens is 164 g/mol. The minimum Gasteiger partial charge on any atom is -0.371 e. The van der Waals surface area contributed by atoms with E-state index in [9.17, 15) is 0 Å². The Morgan fingerprint density at radius 2 is 2.15 bits per heavy atom. The maximum absolute atomic E-state index is 5.95. The summed E-state index contributed by atoms with van der Waals surface area (Å²) in [4.78, 5) is 4.88. The van der Waals surface area contributed by atoms with E-state index in [0.717, 1.165) is 32.8 Å². The van der Waals surface area contributed by atoms with Crippen LogP contribution in [-0.4, -0.2) is 61.8 Å². The van der Waals surface area contributed by atoms with Crippen molar-refractivity contribution < 1.29 is 4.74 Å². The molecule has 2 aliphatic rings. The zero-order valence-corrected chi connectivity index (χ0v) is 8.75. The van der Waals surface area contributed by atoms with Crippen LogP contribution in [0.15, 0.2) is 0 Å². The lowest BCUT2D eigenvalue weighted by Gasteiger charge is -2.38. The largest absolute Gasteiger partial charge is 0.371 e. The molecule has 0 N–H and O–H groups in total. The first-order chi connectivity index (χ1) is 6.24. The van der Waals surface area contributed by atoms with Gasteiger partial charge in [-0.25, -0.2) is 0 Å². The monoisotopic (exact) mass is 184 g/mol. The molecule has 13 heavy (non-hydrogen) atoms. The number of hydrogen-bond donors (Lipinski definition) is 0. The standard InChI is InChI=1S/C10H20N2O/c1-3-12-5-4-10(9-12)8-11(2)6-7-13-10/h3-9H2,1-2H3. The van der Waals surface area contributed by atoms with Crippen LogP contribution in [0.25, 0.3) is 0 Å². The quantitative estimate of drug-likeness (QED) is 0.587. The number of likely N-dealkylation sites (tertiary alicyclic amines) is 1. The molecule has 3 nitrogen and oxygen atoms in total. The third kappa shape index (κ3) is 1.87. The van der Waals surface area contributed by atoms with E-state index in [4.69, 9.17) is 4.74 Å². The van der Waals surface area contributed by atoms with Crippen molar-refractivity contribution in [3.63, 3.8) is 0 Å². The van der Waals surface area contributed by atoms with Gasteiger partial charge in [-0.05, 0) is 20.0 Å². The van der Waals surface area contributed by atoms with Crippen LogP contribution in [0.5, 0.6) is 0 Å². The van der Waals surface area contributed by atoms with E-state index < -0.39 is 0 Å². The molecule has 0 bridgehead atoms. The number of nitrogens with zero attached hydrogens (tertiary/aromatic N) is 2. The number of ether oxygens (including phenoxy) is 1. The van der Waals surface area contributed by atoms with Crippen molar-refractivity contribution in [2.45, 2.75) is 18.9 Å². The van der Waals surface area contributed by atoms with Crippen LogP contribution in [0.3, 0.4) is 0 Å². The molecule has 1 unspecified atom stereocenters. The third-order valence-electron chi connectivity index (χ3n) is 3.28. The van der Waals surface area contributed by atoms with E-state index in [2.05, 4.69) is 23.8 Å². The summed E-state index contributed by atoms with van der Waals surface area (Å²) in [7, 11) is 2.19. The predicted molar refractivity (Wildman–Crippen MR) is 52.9 cm³/mol. The lowest BCUT2D eigenvalue weighted by Crippen LogP contribution is -2.51. The fourth-order valence-corrected chi connectivity index (χ4v) is 2.48. The van der Waals surface area contributed by atoms with Gasteiger partial charge in [0.2, 0.25) is 0 Å². The van der Waals surface area contributed by atoms with Gasteiger partial charge in [0.05, 0.1) is 12.2 Å². The fourth-order valence-electron chi connectivity index (χ4n) is 2.48. The summed E-state index contributed by atoms with van der Waals surface area (Å²) in [5.41, 5.74) is 0.170. The summed E-state index contributed by atoms with van der Waals surface area (Å²) < 4.78 is 5.95. The second-order valence-electron chi connectivity index (χ2n) is 4.39. The molecule has 76 valence electrons. The zero-order chi connectivity index (χ0) is 9.31. The molecule has 1 spiro atoms. The van der Waals surface area contributed by atoms with Gasteiger partial charge >= 0.3 is 0 Å². The molecular formula is C10H20N2O. The first kappa shape index (κ1) is 9.44. The molecule has 0 aromatic heterocycles. The minimum absolute atomic E-state index is 0.170. The molecule has 1 atom stereocenters. The van der Waals surface area contributed by atoms with Gasteiger partial charge in [0.25, 0.3) is 0 Å². The second-order valence-corrected chi connectivity index (χ2v) is 4.39. The molecule has 0 amide bonds. The molecule has 0 aromatic carbocycles. The molecule has 3 heteroatoms. The highest BCUT2D eigenvalue weighted by atomic mass is 16.5. The predicted octanol–water partition coefficient (Wildman–Crippen LogP) is 0.413. The Bertz CT molecular complexity index is 186. The number of likely N-dealkylation sites (N-methyl/N-ethyl adjacent to an activating group) is 2. The van der Waals surface area contributed by atoms with Gasteiger partial charge < -0.3 is 14.5 Å². The van der Waals surface area contributed by atoms with Gasteiger partial charge in [-0.1, -0.05) is 6.92 Å². The van der Waals surface area contributed by atoms with Gasteiger partial charge in [-0.3, -0.25) is 0 Å². The molecule has 2 rings (SSSR count). The lowest BCUT2D eigenvalue weighted by molar-refractivity contribution is -0.0946. The highest BCUT2D eigenvalue weighted by Crippen LogP contribution is 2.28. The molecule has 0 radical (unpaired) electrons. The second kappa shape index (κ2) is 3.56. The van der Waals surface area contributed by atoms with Gasteiger partial charge in [0.1, 0.15) is 0 Å². The van der Waals surface area contributed by atoms with E-state index >= 15 is 0 Å². The normalized spacial score (nSPS) is 37.4. The summed E-state index contributed by atoms with van der Waals surface area (Å²) in [6.07, 6.45) is 1.21. The van der Waals surface area contributed by atoms with E-state index in [1.165, 1.54) is 13.0 Å². The summed E-state index contributed by atoms with van der Waals surface area (Å²) >= 11 is 0. The summed E-state index contributed by atoms with van der Waals surface area (Å²) in [6, 6.07) is 0. The average Bonchev–Trinajstić information content (AvgIpc) is 2.48. The van der Waals surface area contributed by atoms with Gasteiger partial charge in [-0.15, -0.1) is 0 Å². The van der Waals surface area contributed by atoms with Crippen LogP contribution < -0.4 is 0 Å². The summed E-state index contributed by atoms with van der Waals surface area (Å²) in [5.74, 6) is 0. The summed E-state index contributed by atoms with van der Waals surface area (Å²) in [5, 5.41) is 0. The lowest BCUT2D eigenvalue weighted by atomic mass is 10.0. The number of morpholine rings is 1. The van der Waals surface area contributed by atoms with Gasteiger partial charge in [0, 0.05) is 26.2 Å². The Hall–Kier alpha value is -0.120. The maximum atomic E-state index is 5.95. The Morgan fingerprint density at radius 1 is 1.31 bits per heavy atom. The highest BCUT2D eigenvalue weighted by molar-refractivity contribution is 4.95. The Balaban J connectivity index is 1.97. The zero-order valence-electron chi connectivity index (χ0n) is 8.75. The van der Waals surface area contributed by atoms with Crippen molar-refractivity contribution in [1.82, 2.24) is 9.80 Å². The van der Waals surface area contributed by atoms with E-state index in [0.29, 0.717) is 0 Å². The minimum atomic E-state index is 0.170. The number of hydrogen-bond acceptors (Lipinski definition) is 3. The van der Waals surface area contributed by atoms with Crippen LogP contribution in [0.2, 0.25) is 0 Å². The van der Waals surface area contributed by atoms with Crippen molar-refractivity contribution in [2.75, 3.05) is 46.4 Å². The molecule has 2 heterocycles. The van der Waals surface area contributed by atoms with Gasteiger partial charge in [0.15, 0.2) is 0 Å². The molecule has 0 saturated carbocycles. The van der Waals surface area contributed by atoms with E-state index in [-0.39, 0.29) is 5.60 Å². The van der Waals surface area contributed by atoms with E-state index in [1.54, 1.807) is 0 Å². The number of rotatable bonds is 1. The van der Waals surface area contributed by atoms with E-state index in [1.807, 2.05) is 0 Å². The van der Waals surface area contributed by atoms with Crippen molar-refractivity contribution in [3.8, 4) is 0 Å². The maximum Gasteiger partial charge on any atom is 0.0947 e. The third-order valence-corrected chi connectivity index (χ3v) is 3.28. The topological polar surface area (TPSA) is 15.7 Å². The summed E-state index contributed by atoms with van der Waals surface area (Å²) in [6.45, 7) is 8.85. The van der Waals surface area contributed by atoms with Crippen molar-refractivity contribution in [2.24, 2.45) is 0 Å². The van der Waals surface area contributed by atoms with Crippen LogP contribution >= 0.6 is 0 Å². The van der Waals surface area contributed by atoms with Crippen molar-refractivity contribution in [1.29, 1.82) is 0 Å². The van der Waals surface area contributed by atoms with Crippen LogP contribution in [0.4, 0.5) is 0 Å². The molecule has 0 aromatic rings. The molecule has 2 aliphatic heterocycles. The Morgan fingerprint density at radius 3 is 2.77 bits per heavy atom. The highest BCUT2D eigenvalue weighted by Gasteiger charge is 2.41. The van der Waals surface area contributed by atoms with Crippen molar-refractivity contribution >= 4 is 0 Å². The molecule has 2 saturated heterocycles. The fraction of sp³-hybridized carbons (Fsp3) is 1.00. The first-order valence-corrected chi connectivity index (χ1v) is 5.29. The Kier molecular flexibility index (Phi) is 2.58. The molecule has 0 aliphatic carbocycles. The molecule has 2 fully saturated rings. The SMILES string of the molecule is CCN1CCC2(CN(C)CCO2)C1. The van der Waals surface area contributed by atoms with Gasteiger partial charge in [-0.2, -0.15) is 0 Å². The smallest absolute Gasteiger partial charge is 0.0947 e. The van der Waals surface area contributed by atoms with Crippen LogP contribution in [0, 0.1) is 0 Å². The van der Waals surface area contributed by atoms with Crippen molar-refractivity contribution in [3.05, 3.63) is 0 Å². The first-order valence-electron chi connectivity index (χ1n) is 5.29. The average molecular weight is 184 g/mol. The van der Waals surface area contributed by atoms with Crippen LogP contribution in [0.1, 0.15) is 13.3 Å². The Labute approximate surface area is 80.6 Å². The van der Waals surface area contributed by atoms with Crippen LogP contribution in [-0.2, 0) is 4.74 Å².